The van der Waals surface area contributed by atoms with Gasteiger partial charge in [0.2, 0.25) is 0 Å². The van der Waals surface area contributed by atoms with Gasteiger partial charge in [-0.2, -0.15) is 0 Å². The van der Waals surface area contributed by atoms with Crippen molar-refractivity contribution in [2.45, 2.75) is 77.0 Å². The highest BCUT2D eigenvalue weighted by Gasteiger charge is 2.02. The van der Waals surface area contributed by atoms with E-state index in [2.05, 4.69) is 4.98 Å². The molecule has 1 aliphatic rings. The SMILES string of the molecule is O=c1cc2[nH]c(c1)CCCCCCCCCCCC2. The third kappa shape index (κ3) is 5.63. The molecule has 0 saturated heterocycles. The maximum absolute atomic E-state index is 11.7. The number of hydrogen-bond donors (Lipinski definition) is 1. The first-order valence-corrected chi connectivity index (χ1v) is 8.07. The van der Waals surface area contributed by atoms with Gasteiger partial charge in [-0.05, 0) is 25.7 Å². The van der Waals surface area contributed by atoms with Gasteiger partial charge >= 0.3 is 0 Å². The van der Waals surface area contributed by atoms with Crippen LogP contribution in [0.4, 0.5) is 0 Å². The van der Waals surface area contributed by atoms with E-state index in [0.29, 0.717) is 0 Å². The highest BCUT2D eigenvalue weighted by molar-refractivity contribution is 5.12. The van der Waals surface area contributed by atoms with Crippen molar-refractivity contribution < 1.29 is 0 Å². The Labute approximate surface area is 116 Å². The Morgan fingerprint density at radius 3 is 1.42 bits per heavy atom. The van der Waals surface area contributed by atoms with E-state index in [9.17, 15) is 4.79 Å². The third-order valence-electron chi connectivity index (χ3n) is 4.10. The standard InChI is InChI=1S/C17H27NO/c19-17-13-15-11-9-7-5-3-1-2-4-6-8-10-12-16(14-17)18-15/h13-14H,1-12H2,(H,18,19). The first-order chi connectivity index (χ1) is 9.34. The summed E-state index contributed by atoms with van der Waals surface area (Å²) in [4.78, 5) is 15.1. The van der Waals surface area contributed by atoms with Crippen LogP contribution < -0.4 is 5.43 Å². The molecule has 1 aromatic heterocycles. The van der Waals surface area contributed by atoms with Crippen LogP contribution in [0.3, 0.4) is 0 Å². The second-order valence-corrected chi connectivity index (χ2v) is 5.90. The molecule has 2 bridgehead atoms. The molecule has 1 aromatic rings. The molecule has 0 aliphatic carbocycles. The molecule has 0 fully saturated rings. The van der Waals surface area contributed by atoms with Crippen LogP contribution in [0.2, 0.25) is 0 Å². The lowest BCUT2D eigenvalue weighted by Gasteiger charge is -2.06. The van der Waals surface area contributed by atoms with Crippen LogP contribution in [0.15, 0.2) is 16.9 Å². The van der Waals surface area contributed by atoms with Gasteiger partial charge < -0.3 is 4.98 Å². The number of fused-ring (bicyclic) bond motifs is 2. The number of hydrogen-bond acceptors (Lipinski definition) is 1. The lowest BCUT2D eigenvalue weighted by atomic mass is 10.1. The average molecular weight is 261 g/mol. The molecule has 1 aliphatic heterocycles. The van der Waals surface area contributed by atoms with Gasteiger partial charge in [0.05, 0.1) is 0 Å². The second kappa shape index (κ2) is 8.19. The minimum atomic E-state index is 0.174. The largest absolute Gasteiger partial charge is 0.362 e. The van der Waals surface area contributed by atoms with Crippen molar-refractivity contribution in [3.63, 3.8) is 0 Å². The molecule has 106 valence electrons. The van der Waals surface area contributed by atoms with Crippen LogP contribution in [0, 0.1) is 0 Å². The van der Waals surface area contributed by atoms with E-state index in [0.717, 1.165) is 24.2 Å². The summed E-state index contributed by atoms with van der Waals surface area (Å²) in [5.41, 5.74) is 2.45. The van der Waals surface area contributed by atoms with Gasteiger partial charge in [0, 0.05) is 23.5 Å². The van der Waals surface area contributed by atoms with E-state index in [-0.39, 0.29) is 5.43 Å². The summed E-state index contributed by atoms with van der Waals surface area (Å²) in [7, 11) is 0. The molecule has 0 amide bonds. The molecular formula is C17H27NO. The van der Waals surface area contributed by atoms with Crippen molar-refractivity contribution in [3.05, 3.63) is 33.7 Å². The predicted molar refractivity (Wildman–Crippen MR) is 80.6 cm³/mol. The van der Waals surface area contributed by atoms with Gasteiger partial charge in [0.1, 0.15) is 0 Å². The number of aromatic nitrogens is 1. The Kier molecular flexibility index (Phi) is 6.19. The van der Waals surface area contributed by atoms with Gasteiger partial charge in [-0.15, -0.1) is 0 Å². The zero-order valence-corrected chi connectivity index (χ0v) is 12.0. The summed E-state index contributed by atoms with van der Waals surface area (Å²) in [6, 6.07) is 3.56. The fourth-order valence-corrected chi connectivity index (χ4v) is 2.98. The van der Waals surface area contributed by atoms with Crippen molar-refractivity contribution in [3.8, 4) is 0 Å². The van der Waals surface area contributed by atoms with Gasteiger partial charge in [-0.25, -0.2) is 0 Å². The lowest BCUT2D eigenvalue weighted by Crippen LogP contribution is -2.07. The van der Waals surface area contributed by atoms with E-state index >= 15 is 0 Å². The predicted octanol–water partition coefficient (Wildman–Crippen LogP) is 4.37. The summed E-state index contributed by atoms with van der Waals surface area (Å²) >= 11 is 0. The highest BCUT2D eigenvalue weighted by Crippen LogP contribution is 2.13. The summed E-state index contributed by atoms with van der Waals surface area (Å²) in [6.45, 7) is 0. The van der Waals surface area contributed by atoms with E-state index in [4.69, 9.17) is 0 Å². The molecule has 1 N–H and O–H groups in total. The monoisotopic (exact) mass is 261 g/mol. The van der Waals surface area contributed by atoms with Crippen LogP contribution in [0.1, 0.15) is 75.6 Å². The van der Waals surface area contributed by atoms with E-state index in [1.165, 1.54) is 64.2 Å². The molecule has 0 unspecified atom stereocenters. The smallest absolute Gasteiger partial charge is 0.182 e. The van der Waals surface area contributed by atoms with Crippen molar-refractivity contribution in [1.29, 1.82) is 0 Å². The van der Waals surface area contributed by atoms with E-state index < -0.39 is 0 Å². The fraction of sp³-hybridized carbons (Fsp3) is 0.706. The van der Waals surface area contributed by atoms with Crippen molar-refractivity contribution in [2.75, 3.05) is 0 Å². The molecule has 0 radical (unpaired) electrons. The lowest BCUT2D eigenvalue weighted by molar-refractivity contribution is 0.553. The average Bonchev–Trinajstić information content (AvgIpc) is 2.39. The van der Waals surface area contributed by atoms with E-state index in [1.54, 1.807) is 12.1 Å². The molecule has 2 heteroatoms. The highest BCUT2D eigenvalue weighted by atomic mass is 16.1. The summed E-state index contributed by atoms with van der Waals surface area (Å²) in [5.74, 6) is 0. The number of pyridine rings is 1. The first-order valence-electron chi connectivity index (χ1n) is 8.07. The minimum absolute atomic E-state index is 0.174. The first kappa shape index (κ1) is 14.4. The molecule has 0 aromatic carbocycles. The molecule has 0 atom stereocenters. The van der Waals surface area contributed by atoms with Crippen LogP contribution in [0.5, 0.6) is 0 Å². The number of rotatable bonds is 0. The number of aromatic amines is 1. The van der Waals surface area contributed by atoms with Crippen LogP contribution in [-0.4, -0.2) is 4.98 Å². The quantitative estimate of drug-likeness (QED) is 0.739. The van der Waals surface area contributed by atoms with Crippen molar-refractivity contribution in [1.82, 2.24) is 4.98 Å². The Bertz CT molecular complexity index is 386. The Balaban J connectivity index is 1.96. The van der Waals surface area contributed by atoms with E-state index in [1.807, 2.05) is 0 Å². The molecule has 0 saturated carbocycles. The summed E-state index contributed by atoms with van der Waals surface area (Å²) < 4.78 is 0. The number of aryl methyl sites for hydroxylation is 2. The zero-order valence-electron chi connectivity index (χ0n) is 12.0. The van der Waals surface area contributed by atoms with Gasteiger partial charge in [-0.1, -0.05) is 51.4 Å². The summed E-state index contributed by atoms with van der Waals surface area (Å²) in [6.07, 6.45) is 15.4. The molecule has 0 spiro atoms. The molecule has 19 heavy (non-hydrogen) atoms. The van der Waals surface area contributed by atoms with Crippen LogP contribution in [0.25, 0.3) is 0 Å². The minimum Gasteiger partial charge on any atom is -0.362 e. The van der Waals surface area contributed by atoms with Crippen LogP contribution in [-0.2, 0) is 12.8 Å². The second-order valence-electron chi connectivity index (χ2n) is 5.90. The molecule has 2 rings (SSSR count). The molecular weight excluding hydrogens is 234 g/mol. The topological polar surface area (TPSA) is 32.9 Å². The van der Waals surface area contributed by atoms with Gasteiger partial charge in [0.15, 0.2) is 5.43 Å². The Morgan fingerprint density at radius 2 is 1.00 bits per heavy atom. The van der Waals surface area contributed by atoms with Gasteiger partial charge in [-0.3, -0.25) is 4.79 Å². The zero-order chi connectivity index (χ0) is 13.3. The number of nitrogens with one attached hydrogen (secondary N) is 1. The van der Waals surface area contributed by atoms with Gasteiger partial charge in [0.25, 0.3) is 0 Å². The Hall–Kier alpha value is -1.05. The number of H-pyrrole nitrogens is 1. The fourth-order valence-electron chi connectivity index (χ4n) is 2.98. The maximum atomic E-state index is 11.7. The van der Waals surface area contributed by atoms with Crippen molar-refractivity contribution >= 4 is 0 Å². The third-order valence-corrected chi connectivity index (χ3v) is 4.10. The summed E-state index contributed by atoms with van der Waals surface area (Å²) in [5, 5.41) is 0. The molecule has 2 heterocycles. The normalized spacial score (nSPS) is 19.4. The Morgan fingerprint density at radius 1 is 0.632 bits per heavy atom. The molecule has 2 nitrogen and oxygen atoms in total. The van der Waals surface area contributed by atoms with Crippen LogP contribution >= 0.6 is 0 Å². The maximum Gasteiger partial charge on any atom is 0.182 e. The van der Waals surface area contributed by atoms with Crippen molar-refractivity contribution in [2.24, 2.45) is 0 Å².